The Bertz CT molecular complexity index is 1920. The minimum absolute atomic E-state index is 0. The number of carbonyl (C=O) groups excluding carboxylic acids is 5. The third-order valence-corrected chi connectivity index (χ3v) is 8.15. The van der Waals surface area contributed by atoms with E-state index in [1.165, 1.54) is 24.3 Å². The zero-order valence-corrected chi connectivity index (χ0v) is 33.3. The number of halogens is 1. The van der Waals surface area contributed by atoms with Gasteiger partial charge in [-0.15, -0.1) is 22.9 Å². The average molecular weight is 804 g/mol. The minimum Gasteiger partial charge on any atom is -1.00 e. The molecule has 2 atom stereocenters. The van der Waals surface area contributed by atoms with Crippen molar-refractivity contribution in [3.05, 3.63) is 51.0 Å². The molecule has 4 amide bonds. The number of rotatable bonds is 14. The number of hydrogen-bond donors (Lipinski definition) is 5. The van der Waals surface area contributed by atoms with E-state index in [0.717, 1.165) is 35.3 Å². The van der Waals surface area contributed by atoms with Gasteiger partial charge < -0.3 is 23.1 Å². The Morgan fingerprint density at radius 3 is 2.28 bits per heavy atom. The van der Waals surface area contributed by atoms with Crippen molar-refractivity contribution >= 4 is 89.7 Å². The van der Waals surface area contributed by atoms with Crippen molar-refractivity contribution < 1.29 is 126 Å². The number of β-lactam (4-membered cyclic amide) rings is 1. The summed E-state index contributed by atoms with van der Waals surface area (Å²) in [5, 5.41) is 19.7. The fourth-order valence-electron chi connectivity index (χ4n) is 3.55. The SMILES string of the molecule is CC(C)(O/N=C(\C(=O)N[C@H]1C(=O)N(S(=O)(=O)O)[C@H]1C(=O)NS(=O)(=O)O)c1csc(NC(=O)CCl)n1)C(=O)OCc1ccc([N+](=O)[O-])cc1.[H-].[H-].[Na+].[Na+]. The molecule has 1 aliphatic rings. The first-order valence-electron chi connectivity index (χ1n) is 12.5. The van der Waals surface area contributed by atoms with Crippen molar-refractivity contribution in [3.63, 3.8) is 0 Å². The molecule has 1 aromatic heterocycles. The van der Waals surface area contributed by atoms with Crippen LogP contribution in [0, 0.1) is 10.1 Å². The van der Waals surface area contributed by atoms with Crippen molar-refractivity contribution in [1.29, 1.82) is 0 Å². The second kappa shape index (κ2) is 18.1. The number of nitro benzene ring substituents is 1. The van der Waals surface area contributed by atoms with Crippen molar-refractivity contribution in [3.8, 4) is 0 Å². The van der Waals surface area contributed by atoms with Crippen LogP contribution in [0.15, 0.2) is 34.8 Å². The van der Waals surface area contributed by atoms with E-state index in [1.54, 1.807) is 0 Å². The second-order valence-electron chi connectivity index (χ2n) is 9.71. The molecule has 1 saturated heterocycles. The summed E-state index contributed by atoms with van der Waals surface area (Å²) < 4.78 is 69.5. The molecule has 1 aromatic carbocycles. The van der Waals surface area contributed by atoms with Gasteiger partial charge in [-0.2, -0.15) is 21.1 Å². The number of non-ortho nitro benzene ring substituents is 1. The molecule has 2 heterocycles. The van der Waals surface area contributed by atoms with Crippen LogP contribution in [-0.4, -0.2) is 99.0 Å². The molecule has 0 spiro atoms. The molecule has 0 bridgehead atoms. The molecule has 22 nitrogen and oxygen atoms in total. The molecule has 0 saturated carbocycles. The van der Waals surface area contributed by atoms with Crippen LogP contribution < -0.4 is 74.5 Å². The smallest absolute Gasteiger partial charge is 1.00 e. The van der Waals surface area contributed by atoms with E-state index in [1.807, 2.05) is 5.32 Å². The summed E-state index contributed by atoms with van der Waals surface area (Å²) in [6, 6.07) is 0.405. The molecule has 5 N–H and O–H groups in total. The van der Waals surface area contributed by atoms with Gasteiger partial charge in [0, 0.05) is 17.5 Å². The van der Waals surface area contributed by atoms with E-state index in [0.29, 0.717) is 5.56 Å². The van der Waals surface area contributed by atoms with E-state index < -0.39 is 88.7 Å². The Labute approximate surface area is 338 Å². The minimum atomic E-state index is -5.49. The Kier molecular flexibility index (Phi) is 16.4. The number of aromatic nitrogens is 1. The van der Waals surface area contributed by atoms with Gasteiger partial charge in [-0.05, 0) is 31.5 Å². The fraction of sp³-hybridized carbons (Fsp3) is 0.318. The predicted molar refractivity (Wildman–Crippen MR) is 162 cm³/mol. The number of ether oxygens (including phenoxy) is 1. The first-order chi connectivity index (χ1) is 22.1. The number of nitrogens with zero attached hydrogens (tertiary/aromatic N) is 4. The monoisotopic (exact) mass is 803 g/mol. The molecule has 2 aromatic rings. The van der Waals surface area contributed by atoms with Gasteiger partial charge in [0.2, 0.25) is 11.5 Å². The number of amides is 4. The summed E-state index contributed by atoms with van der Waals surface area (Å²) >= 11 is 6.20. The number of nitro groups is 1. The summed E-state index contributed by atoms with van der Waals surface area (Å²) in [6.45, 7) is 1.95. The Hall–Kier alpha value is -2.82. The van der Waals surface area contributed by atoms with Crippen LogP contribution in [0.25, 0.3) is 0 Å². The van der Waals surface area contributed by atoms with Crippen molar-refractivity contribution in [2.75, 3.05) is 11.2 Å². The third kappa shape index (κ3) is 11.9. The summed E-state index contributed by atoms with van der Waals surface area (Å²) in [6.07, 6.45) is 0. The second-order valence-corrected chi connectivity index (χ2v) is 13.3. The van der Waals surface area contributed by atoms with Gasteiger partial charge in [-0.25, -0.2) is 14.5 Å². The zero-order valence-electron chi connectivity index (χ0n) is 28.0. The number of benzene rings is 1. The number of thiazole rings is 1. The summed E-state index contributed by atoms with van der Waals surface area (Å²) in [4.78, 5) is 82.1. The molecule has 264 valence electrons. The Morgan fingerprint density at radius 2 is 1.76 bits per heavy atom. The number of carbonyl (C=O) groups is 5. The van der Waals surface area contributed by atoms with Crippen LogP contribution in [0.2, 0.25) is 0 Å². The van der Waals surface area contributed by atoms with Gasteiger partial charge in [0.15, 0.2) is 16.9 Å². The number of alkyl halides is 1. The largest absolute Gasteiger partial charge is 1.00 e. The normalized spacial score (nSPS) is 16.1. The molecular formula is C22H24ClN7Na2O15S3. The Balaban J connectivity index is 0. The maximum absolute atomic E-state index is 13.4. The molecule has 28 heteroatoms. The van der Waals surface area contributed by atoms with Crippen LogP contribution in [0.5, 0.6) is 0 Å². The van der Waals surface area contributed by atoms with Gasteiger partial charge >= 0.3 is 85.7 Å². The van der Waals surface area contributed by atoms with Gasteiger partial charge in [-0.3, -0.25) is 38.4 Å². The first kappa shape index (κ1) is 45.2. The van der Waals surface area contributed by atoms with E-state index >= 15 is 0 Å². The van der Waals surface area contributed by atoms with Crippen molar-refractivity contribution in [1.82, 2.24) is 19.3 Å². The van der Waals surface area contributed by atoms with Gasteiger partial charge in [0.1, 0.15) is 24.2 Å². The number of anilines is 1. The predicted octanol–water partition coefficient (Wildman–Crippen LogP) is -6.88. The zero-order chi connectivity index (χ0) is 36.2. The van der Waals surface area contributed by atoms with Crippen molar-refractivity contribution in [2.45, 2.75) is 38.1 Å². The van der Waals surface area contributed by atoms with Crippen LogP contribution in [0.3, 0.4) is 0 Å². The quantitative estimate of drug-likeness (QED) is 0.0173. The fourth-order valence-corrected chi connectivity index (χ4v) is 5.54. The van der Waals surface area contributed by atoms with Crippen LogP contribution in [-0.2, 0) is 60.8 Å². The van der Waals surface area contributed by atoms with Crippen LogP contribution in [0.1, 0.15) is 28.0 Å². The molecular weight excluding hydrogens is 780 g/mol. The van der Waals surface area contributed by atoms with Crippen LogP contribution in [0.4, 0.5) is 10.8 Å². The van der Waals surface area contributed by atoms with E-state index in [9.17, 15) is 55.5 Å². The molecule has 0 unspecified atom stereocenters. The molecule has 0 radical (unpaired) electrons. The number of esters is 1. The van der Waals surface area contributed by atoms with E-state index in [-0.39, 0.29) is 85.1 Å². The van der Waals surface area contributed by atoms with Crippen molar-refractivity contribution in [2.24, 2.45) is 5.16 Å². The number of oxime groups is 1. The third-order valence-electron chi connectivity index (χ3n) is 5.79. The summed E-state index contributed by atoms with van der Waals surface area (Å²) in [5.41, 5.74) is -3.04. The maximum atomic E-state index is 13.4. The molecule has 1 fully saturated rings. The average Bonchev–Trinajstić information content (AvgIpc) is 3.43. The van der Waals surface area contributed by atoms with Gasteiger partial charge in [0.25, 0.3) is 23.4 Å². The summed E-state index contributed by atoms with van der Waals surface area (Å²) in [7, 11) is -10.8. The van der Waals surface area contributed by atoms with Crippen LogP contribution >= 0.6 is 22.9 Å². The van der Waals surface area contributed by atoms with E-state index in [4.69, 9.17) is 25.7 Å². The first-order valence-corrected chi connectivity index (χ1v) is 16.8. The molecule has 50 heavy (non-hydrogen) atoms. The topological polar surface area (TPSA) is 320 Å². The van der Waals surface area contributed by atoms with Gasteiger partial charge in [-0.1, -0.05) is 5.16 Å². The molecule has 0 aliphatic carbocycles. The molecule has 3 rings (SSSR count). The molecule has 1 aliphatic heterocycles. The number of hydrogen-bond acceptors (Lipinski definition) is 16. The van der Waals surface area contributed by atoms with Gasteiger partial charge in [0.05, 0.1) is 4.92 Å². The maximum Gasteiger partial charge on any atom is 1.00 e. The standard InChI is InChI=1S/C22H22ClN7O15S3.2Na.2H/c1-22(2,20(35)44-8-10-3-5-11(6-4-10)30(36)37)45-27-14(12-9-46-21(24-12)25-13(31)7-23)17(32)26-15-16(18(33)28-47(38,39)40)29(19(15)34)48(41,42)43;;;;/h3-6,9,15-16H,7-8H2,1-2H3,(H,26,32)(H,28,33)(H,24,25,31)(H,38,39,40)(H,41,42,43);;;;/q;2*+1;2*-1/b27-14-;;;;/t15-,16-;;;;/m1..../s1. The Morgan fingerprint density at radius 1 is 1.16 bits per heavy atom. The van der Waals surface area contributed by atoms with E-state index in [2.05, 4.69) is 15.5 Å². The summed E-state index contributed by atoms with van der Waals surface area (Å²) in [5.74, 6) is -7.15. The number of nitrogens with one attached hydrogen (secondary N) is 3.